The van der Waals surface area contributed by atoms with Crippen LogP contribution in [0.1, 0.15) is 38.8 Å². The number of carbonyl (C=O) groups is 3. The first-order valence-electron chi connectivity index (χ1n) is 11.0. The Morgan fingerprint density at radius 3 is 2.65 bits per heavy atom. The van der Waals surface area contributed by atoms with Crippen molar-refractivity contribution in [2.75, 3.05) is 19.6 Å². The van der Waals surface area contributed by atoms with E-state index in [0.717, 1.165) is 18.5 Å². The molecular formula is C21H31N7O3. The maximum atomic E-state index is 13.3. The first kappa shape index (κ1) is 21.5. The predicted octanol–water partition coefficient (Wildman–Crippen LogP) is -0.136. The van der Waals surface area contributed by atoms with Crippen molar-refractivity contribution in [1.82, 2.24) is 35.7 Å². The van der Waals surface area contributed by atoms with E-state index >= 15 is 0 Å². The Balaban J connectivity index is 1.47. The molecule has 0 radical (unpaired) electrons. The highest BCUT2D eigenvalue weighted by Crippen LogP contribution is 2.30. The van der Waals surface area contributed by atoms with Crippen LogP contribution in [-0.2, 0) is 16.1 Å². The molecular weight excluding hydrogens is 398 g/mol. The molecule has 3 atom stereocenters. The van der Waals surface area contributed by atoms with Crippen molar-refractivity contribution in [2.45, 2.75) is 63.8 Å². The highest BCUT2D eigenvalue weighted by molar-refractivity contribution is 5.90. The van der Waals surface area contributed by atoms with E-state index in [1.54, 1.807) is 18.6 Å². The van der Waals surface area contributed by atoms with E-state index in [0.29, 0.717) is 32.6 Å². The third-order valence-electron chi connectivity index (χ3n) is 5.93. The number of fused-ring (bicyclic) bond motifs is 1. The summed E-state index contributed by atoms with van der Waals surface area (Å²) in [5.41, 5.74) is 0.819. The molecule has 10 nitrogen and oxygen atoms in total. The van der Waals surface area contributed by atoms with Crippen molar-refractivity contribution in [1.29, 1.82) is 0 Å². The van der Waals surface area contributed by atoms with Crippen molar-refractivity contribution in [3.05, 3.63) is 24.3 Å². The quantitative estimate of drug-likeness (QED) is 0.579. The Kier molecular flexibility index (Phi) is 6.35. The van der Waals surface area contributed by atoms with Crippen LogP contribution in [0.3, 0.4) is 0 Å². The standard InChI is InChI=1S/C21H31N7O3/c1-13(2)24-21(31)25-15-7-17-11-27(9-16-8-22-5-6-23-16)12-18(20(30)28(17)10-15)26-19(29)14-3-4-14/h5-6,8,13-15,17-18H,3-4,7,9-12H2,1-2H3,(H,26,29)(H2,24,25,31)/t15-,17-,18-/m0/s1. The Morgan fingerprint density at radius 1 is 1.16 bits per heavy atom. The molecule has 0 aromatic carbocycles. The molecule has 168 valence electrons. The number of aromatic nitrogens is 2. The molecule has 3 aliphatic rings. The topological polar surface area (TPSA) is 120 Å². The van der Waals surface area contributed by atoms with E-state index in [4.69, 9.17) is 0 Å². The number of nitrogens with zero attached hydrogens (tertiary/aromatic N) is 4. The van der Waals surface area contributed by atoms with Gasteiger partial charge in [-0.2, -0.15) is 0 Å². The Labute approximate surface area is 182 Å². The Morgan fingerprint density at radius 2 is 1.97 bits per heavy atom. The maximum Gasteiger partial charge on any atom is 0.315 e. The van der Waals surface area contributed by atoms with Crippen LogP contribution in [0.25, 0.3) is 0 Å². The molecule has 1 saturated carbocycles. The monoisotopic (exact) mass is 429 g/mol. The number of hydrogen-bond acceptors (Lipinski definition) is 6. The SMILES string of the molecule is CC(C)NC(=O)N[C@H]1C[C@H]2CN(Cc3cnccn3)C[C@H](NC(=O)C3CC3)C(=O)N2C1. The molecule has 4 amide bonds. The molecule has 2 aliphatic heterocycles. The van der Waals surface area contributed by atoms with Crippen molar-refractivity contribution >= 4 is 17.8 Å². The summed E-state index contributed by atoms with van der Waals surface area (Å²) in [6.45, 7) is 5.90. The summed E-state index contributed by atoms with van der Waals surface area (Å²) in [5, 5.41) is 8.79. The van der Waals surface area contributed by atoms with Gasteiger partial charge in [0.05, 0.1) is 11.7 Å². The van der Waals surface area contributed by atoms with Crippen LogP contribution >= 0.6 is 0 Å². The molecule has 3 N–H and O–H groups in total. The van der Waals surface area contributed by atoms with Crippen molar-refractivity contribution in [3.63, 3.8) is 0 Å². The zero-order valence-electron chi connectivity index (χ0n) is 18.1. The number of carbonyl (C=O) groups excluding carboxylic acids is 3. The van der Waals surface area contributed by atoms with Crippen LogP contribution in [0.15, 0.2) is 18.6 Å². The number of hydrogen-bond donors (Lipinski definition) is 3. The second-order valence-corrected chi connectivity index (χ2v) is 9.08. The van der Waals surface area contributed by atoms with Gasteiger partial charge in [-0.15, -0.1) is 0 Å². The number of amides is 4. The molecule has 0 bridgehead atoms. The van der Waals surface area contributed by atoms with E-state index in [1.165, 1.54) is 0 Å². The highest BCUT2D eigenvalue weighted by atomic mass is 16.2. The lowest BCUT2D eigenvalue weighted by atomic mass is 10.1. The minimum atomic E-state index is -0.599. The fourth-order valence-corrected chi connectivity index (χ4v) is 4.37. The molecule has 3 fully saturated rings. The smallest absolute Gasteiger partial charge is 0.315 e. The summed E-state index contributed by atoms with van der Waals surface area (Å²) in [4.78, 5) is 50.4. The highest BCUT2D eigenvalue weighted by Gasteiger charge is 2.44. The molecule has 3 heterocycles. The molecule has 4 rings (SSSR count). The van der Waals surface area contributed by atoms with Crippen LogP contribution in [0, 0.1) is 5.92 Å². The maximum absolute atomic E-state index is 13.3. The Bertz CT molecular complexity index is 814. The van der Waals surface area contributed by atoms with Gasteiger partial charge in [-0.3, -0.25) is 24.5 Å². The molecule has 10 heteroatoms. The summed E-state index contributed by atoms with van der Waals surface area (Å²) in [6.07, 6.45) is 7.46. The van der Waals surface area contributed by atoms with Gasteiger partial charge in [0.2, 0.25) is 11.8 Å². The van der Waals surface area contributed by atoms with Gasteiger partial charge in [0.15, 0.2) is 0 Å². The van der Waals surface area contributed by atoms with Gasteiger partial charge >= 0.3 is 6.03 Å². The van der Waals surface area contributed by atoms with Gasteiger partial charge in [-0.1, -0.05) is 0 Å². The summed E-state index contributed by atoms with van der Waals surface area (Å²) in [7, 11) is 0. The Hall–Kier alpha value is -2.75. The van der Waals surface area contributed by atoms with Crippen LogP contribution in [0.2, 0.25) is 0 Å². The van der Waals surface area contributed by atoms with Gasteiger partial charge < -0.3 is 20.9 Å². The van der Waals surface area contributed by atoms with E-state index in [9.17, 15) is 14.4 Å². The summed E-state index contributed by atoms with van der Waals surface area (Å²) >= 11 is 0. The third kappa shape index (κ3) is 5.49. The minimum Gasteiger partial charge on any atom is -0.343 e. The van der Waals surface area contributed by atoms with Gasteiger partial charge in [-0.25, -0.2) is 4.79 Å². The molecule has 1 aromatic heterocycles. The summed E-state index contributed by atoms with van der Waals surface area (Å²) in [6, 6.07) is -0.934. The minimum absolute atomic E-state index is 0.0312. The average Bonchev–Trinajstić information content (AvgIpc) is 3.50. The lowest BCUT2D eigenvalue weighted by Crippen LogP contribution is -2.52. The lowest BCUT2D eigenvalue weighted by molar-refractivity contribution is -0.136. The zero-order valence-corrected chi connectivity index (χ0v) is 18.1. The fourth-order valence-electron chi connectivity index (χ4n) is 4.37. The predicted molar refractivity (Wildman–Crippen MR) is 113 cm³/mol. The molecule has 1 aliphatic carbocycles. The van der Waals surface area contributed by atoms with Gasteiger partial charge in [0.1, 0.15) is 6.04 Å². The summed E-state index contributed by atoms with van der Waals surface area (Å²) in [5.74, 6) is -0.0799. The normalized spacial score (nSPS) is 26.4. The molecule has 2 saturated heterocycles. The second-order valence-electron chi connectivity index (χ2n) is 9.08. The van der Waals surface area contributed by atoms with Crippen molar-refractivity contribution < 1.29 is 14.4 Å². The fraction of sp³-hybridized carbons (Fsp3) is 0.667. The number of rotatable bonds is 6. The van der Waals surface area contributed by atoms with Crippen LogP contribution in [-0.4, -0.2) is 81.4 Å². The van der Waals surface area contributed by atoms with E-state index in [2.05, 4.69) is 30.8 Å². The largest absolute Gasteiger partial charge is 0.343 e. The van der Waals surface area contributed by atoms with Gasteiger partial charge in [0, 0.05) is 62.8 Å². The van der Waals surface area contributed by atoms with Crippen LogP contribution < -0.4 is 16.0 Å². The molecule has 31 heavy (non-hydrogen) atoms. The third-order valence-corrected chi connectivity index (χ3v) is 5.93. The first-order valence-corrected chi connectivity index (χ1v) is 11.0. The summed E-state index contributed by atoms with van der Waals surface area (Å²) < 4.78 is 0. The molecule has 0 unspecified atom stereocenters. The van der Waals surface area contributed by atoms with Gasteiger partial charge in [-0.05, 0) is 33.1 Å². The van der Waals surface area contributed by atoms with Crippen molar-refractivity contribution in [2.24, 2.45) is 5.92 Å². The molecule has 1 aromatic rings. The first-order chi connectivity index (χ1) is 14.9. The molecule has 0 spiro atoms. The number of urea groups is 1. The number of nitrogens with one attached hydrogen (secondary N) is 3. The van der Waals surface area contributed by atoms with Gasteiger partial charge in [0.25, 0.3) is 0 Å². The van der Waals surface area contributed by atoms with Crippen molar-refractivity contribution in [3.8, 4) is 0 Å². The zero-order chi connectivity index (χ0) is 22.0. The average molecular weight is 430 g/mol. The second kappa shape index (κ2) is 9.17. The van der Waals surface area contributed by atoms with E-state index < -0.39 is 6.04 Å². The van der Waals surface area contributed by atoms with E-state index in [1.807, 2.05) is 18.7 Å². The van der Waals surface area contributed by atoms with Crippen LogP contribution in [0.4, 0.5) is 4.79 Å². The van der Waals surface area contributed by atoms with E-state index in [-0.39, 0.29) is 41.9 Å². The van der Waals surface area contributed by atoms with Crippen LogP contribution in [0.5, 0.6) is 0 Å². The lowest BCUT2D eigenvalue weighted by Gasteiger charge is -2.25.